The second-order valence-corrected chi connectivity index (χ2v) is 7.72. The quantitative estimate of drug-likeness (QED) is 0.852. The Balaban J connectivity index is 1.42. The van der Waals surface area contributed by atoms with Crippen LogP contribution >= 0.6 is 23.1 Å². The van der Waals surface area contributed by atoms with Crippen LogP contribution in [0.2, 0.25) is 0 Å². The van der Waals surface area contributed by atoms with Crippen LogP contribution in [0, 0.1) is 0 Å². The van der Waals surface area contributed by atoms with Gasteiger partial charge in [-0.05, 0) is 25.7 Å². The van der Waals surface area contributed by atoms with Gasteiger partial charge in [0.25, 0.3) is 0 Å². The highest BCUT2D eigenvalue weighted by Crippen LogP contribution is 2.40. The van der Waals surface area contributed by atoms with Gasteiger partial charge < -0.3 is 5.73 Å². The van der Waals surface area contributed by atoms with Crippen LogP contribution in [-0.4, -0.2) is 19.7 Å². The first-order valence-corrected chi connectivity index (χ1v) is 9.45. The molecule has 0 saturated heterocycles. The van der Waals surface area contributed by atoms with Gasteiger partial charge in [0.2, 0.25) is 5.95 Å². The summed E-state index contributed by atoms with van der Waals surface area (Å²) in [5.74, 6) is 2.11. The standard InChI is InChI=1S/C14H19N5S2/c15-13-17-18-14(19(13)11-5-6-11)21-8-10-7-20-12(16-10)9-3-1-2-4-9/h7,9,11H,1-6,8H2,(H2,15,17). The highest BCUT2D eigenvalue weighted by Gasteiger charge is 2.29. The molecule has 7 heteroatoms. The van der Waals surface area contributed by atoms with Crippen molar-refractivity contribution >= 4 is 29.0 Å². The molecule has 0 aromatic carbocycles. The first kappa shape index (κ1) is 13.6. The summed E-state index contributed by atoms with van der Waals surface area (Å²) in [4.78, 5) is 4.81. The van der Waals surface area contributed by atoms with E-state index in [1.807, 2.05) is 11.3 Å². The Morgan fingerprint density at radius 2 is 2.05 bits per heavy atom. The predicted octanol–water partition coefficient (Wildman–Crippen LogP) is 3.60. The first-order chi connectivity index (χ1) is 10.3. The molecular weight excluding hydrogens is 302 g/mol. The molecule has 2 aliphatic carbocycles. The van der Waals surface area contributed by atoms with Crippen LogP contribution in [0.1, 0.15) is 61.2 Å². The number of rotatable bonds is 5. The molecule has 2 aromatic rings. The maximum absolute atomic E-state index is 5.90. The van der Waals surface area contributed by atoms with Crippen LogP contribution in [0.25, 0.3) is 0 Å². The van der Waals surface area contributed by atoms with E-state index < -0.39 is 0 Å². The fourth-order valence-electron chi connectivity index (χ4n) is 2.95. The van der Waals surface area contributed by atoms with Crippen molar-refractivity contribution in [3.63, 3.8) is 0 Å². The number of hydrogen-bond acceptors (Lipinski definition) is 6. The molecule has 2 heterocycles. The van der Waals surface area contributed by atoms with Gasteiger partial charge in [-0.3, -0.25) is 4.57 Å². The van der Waals surface area contributed by atoms with Gasteiger partial charge in [-0.1, -0.05) is 24.6 Å². The zero-order valence-corrected chi connectivity index (χ0v) is 13.5. The summed E-state index contributed by atoms with van der Waals surface area (Å²) in [5.41, 5.74) is 7.06. The Morgan fingerprint density at radius 3 is 2.81 bits per heavy atom. The van der Waals surface area contributed by atoms with E-state index >= 15 is 0 Å². The van der Waals surface area contributed by atoms with E-state index in [0.29, 0.717) is 17.9 Å². The minimum atomic E-state index is 0.520. The average molecular weight is 321 g/mol. The Bertz CT molecular complexity index is 625. The maximum atomic E-state index is 5.90. The summed E-state index contributed by atoms with van der Waals surface area (Å²) in [7, 11) is 0. The van der Waals surface area contributed by atoms with Gasteiger partial charge in [-0.25, -0.2) is 4.98 Å². The number of nitrogens with two attached hydrogens (primary N) is 1. The summed E-state index contributed by atoms with van der Waals surface area (Å²) in [5, 5.41) is 12.7. The SMILES string of the molecule is Nc1nnc(SCc2csc(C3CCCC3)n2)n1C1CC1. The lowest BCUT2D eigenvalue weighted by atomic mass is 10.1. The molecule has 4 rings (SSSR count). The molecule has 0 aliphatic heterocycles. The normalized spacial score (nSPS) is 19.4. The minimum Gasteiger partial charge on any atom is -0.368 e. The molecule has 2 aromatic heterocycles. The second kappa shape index (κ2) is 5.61. The van der Waals surface area contributed by atoms with E-state index in [1.165, 1.54) is 43.5 Å². The summed E-state index contributed by atoms with van der Waals surface area (Å²) in [6.45, 7) is 0. The number of aromatic nitrogens is 4. The van der Waals surface area contributed by atoms with Crippen molar-refractivity contribution in [1.29, 1.82) is 0 Å². The minimum absolute atomic E-state index is 0.520. The van der Waals surface area contributed by atoms with Crippen LogP contribution < -0.4 is 5.73 Å². The lowest BCUT2D eigenvalue weighted by Gasteiger charge is -2.05. The van der Waals surface area contributed by atoms with Crippen LogP contribution in [0.5, 0.6) is 0 Å². The molecule has 2 aliphatic rings. The predicted molar refractivity (Wildman–Crippen MR) is 85.6 cm³/mol. The number of thiazole rings is 1. The Morgan fingerprint density at radius 1 is 1.24 bits per heavy atom. The van der Waals surface area contributed by atoms with E-state index in [2.05, 4.69) is 20.1 Å². The molecule has 5 nitrogen and oxygen atoms in total. The second-order valence-electron chi connectivity index (χ2n) is 5.89. The molecule has 0 atom stereocenters. The molecule has 0 unspecified atom stereocenters. The van der Waals surface area contributed by atoms with Gasteiger partial charge in [0.1, 0.15) is 0 Å². The van der Waals surface area contributed by atoms with E-state index in [-0.39, 0.29) is 0 Å². The lowest BCUT2D eigenvalue weighted by molar-refractivity contribution is 0.671. The first-order valence-electron chi connectivity index (χ1n) is 7.59. The maximum Gasteiger partial charge on any atom is 0.222 e. The van der Waals surface area contributed by atoms with Crippen LogP contribution in [0.15, 0.2) is 10.5 Å². The molecule has 0 spiro atoms. The van der Waals surface area contributed by atoms with Crippen LogP contribution in [0.4, 0.5) is 5.95 Å². The van der Waals surface area contributed by atoms with Gasteiger partial charge in [0, 0.05) is 23.1 Å². The van der Waals surface area contributed by atoms with Crippen molar-refractivity contribution in [2.75, 3.05) is 5.73 Å². The van der Waals surface area contributed by atoms with Crippen LogP contribution in [-0.2, 0) is 5.75 Å². The molecule has 0 radical (unpaired) electrons. The fraction of sp³-hybridized carbons (Fsp3) is 0.643. The molecular formula is C14H19N5S2. The largest absolute Gasteiger partial charge is 0.368 e. The number of nitrogens with zero attached hydrogens (tertiary/aromatic N) is 4. The monoisotopic (exact) mass is 321 g/mol. The molecule has 2 N–H and O–H groups in total. The Kier molecular flexibility index (Phi) is 3.62. The van der Waals surface area contributed by atoms with Crippen LogP contribution in [0.3, 0.4) is 0 Å². The third-order valence-electron chi connectivity index (χ3n) is 4.23. The average Bonchev–Trinajstić information content (AvgIpc) is 2.94. The summed E-state index contributed by atoms with van der Waals surface area (Å²) < 4.78 is 2.08. The van der Waals surface area contributed by atoms with Gasteiger partial charge in [0.05, 0.1) is 10.7 Å². The third kappa shape index (κ3) is 2.81. The van der Waals surface area contributed by atoms with Gasteiger partial charge in [-0.15, -0.1) is 21.5 Å². The topological polar surface area (TPSA) is 69.6 Å². The molecule has 0 amide bonds. The molecule has 2 saturated carbocycles. The van der Waals surface area contributed by atoms with E-state index in [9.17, 15) is 0 Å². The molecule has 2 fully saturated rings. The van der Waals surface area contributed by atoms with Gasteiger partial charge in [0.15, 0.2) is 5.16 Å². The summed E-state index contributed by atoms with van der Waals surface area (Å²) in [6, 6.07) is 0.520. The zero-order valence-electron chi connectivity index (χ0n) is 11.9. The van der Waals surface area contributed by atoms with E-state index in [1.54, 1.807) is 11.8 Å². The summed E-state index contributed by atoms with van der Waals surface area (Å²) in [6.07, 6.45) is 7.73. The number of nitrogen functional groups attached to an aromatic ring is 1. The smallest absolute Gasteiger partial charge is 0.222 e. The Labute approximate surface area is 132 Å². The molecule has 112 valence electrons. The molecule has 21 heavy (non-hydrogen) atoms. The van der Waals surface area contributed by atoms with Crippen molar-refractivity contribution in [3.05, 3.63) is 16.1 Å². The van der Waals surface area contributed by atoms with Crippen molar-refractivity contribution in [1.82, 2.24) is 19.7 Å². The fourth-order valence-corrected chi connectivity index (χ4v) is 4.95. The van der Waals surface area contributed by atoms with Gasteiger partial charge >= 0.3 is 0 Å². The van der Waals surface area contributed by atoms with E-state index in [4.69, 9.17) is 10.7 Å². The molecule has 0 bridgehead atoms. The lowest BCUT2D eigenvalue weighted by Crippen LogP contribution is -2.02. The van der Waals surface area contributed by atoms with Gasteiger partial charge in [-0.2, -0.15) is 0 Å². The highest BCUT2D eigenvalue weighted by molar-refractivity contribution is 7.98. The van der Waals surface area contributed by atoms with Crippen molar-refractivity contribution < 1.29 is 0 Å². The van der Waals surface area contributed by atoms with Crippen molar-refractivity contribution in [3.8, 4) is 0 Å². The number of anilines is 1. The third-order valence-corrected chi connectivity index (χ3v) is 6.26. The van der Waals surface area contributed by atoms with Crippen molar-refractivity contribution in [2.45, 2.75) is 61.4 Å². The number of hydrogen-bond donors (Lipinski definition) is 1. The van der Waals surface area contributed by atoms with E-state index in [0.717, 1.165) is 16.6 Å². The number of thioether (sulfide) groups is 1. The Hall–Kier alpha value is -1.08. The highest BCUT2D eigenvalue weighted by atomic mass is 32.2. The zero-order chi connectivity index (χ0) is 14.2. The summed E-state index contributed by atoms with van der Waals surface area (Å²) >= 11 is 3.52. The van der Waals surface area contributed by atoms with Crippen molar-refractivity contribution in [2.24, 2.45) is 0 Å².